The Bertz CT molecular complexity index is 676. The van der Waals surface area contributed by atoms with Gasteiger partial charge in [-0.15, -0.1) is 0 Å². The van der Waals surface area contributed by atoms with Gasteiger partial charge in [0.15, 0.2) is 0 Å². The quantitative estimate of drug-likeness (QED) is 0.282. The molecule has 0 amide bonds. The van der Waals surface area contributed by atoms with Crippen LogP contribution in [0.2, 0.25) is 0 Å². The lowest BCUT2D eigenvalue weighted by Crippen LogP contribution is -1.98. The van der Waals surface area contributed by atoms with Crippen molar-refractivity contribution in [2.24, 2.45) is 0 Å². The Hall–Kier alpha value is -1.41. The molecule has 0 spiro atoms. The van der Waals surface area contributed by atoms with Crippen molar-refractivity contribution in [3.63, 3.8) is 0 Å². The monoisotopic (exact) mass is 430 g/mol. The highest BCUT2D eigenvalue weighted by Crippen LogP contribution is 2.30. The molecule has 0 N–H and O–H groups in total. The number of hydrogen-bond donors (Lipinski definition) is 0. The van der Waals surface area contributed by atoms with Crippen LogP contribution in [0.5, 0.6) is 0 Å². The molecule has 0 bridgehead atoms. The van der Waals surface area contributed by atoms with Crippen molar-refractivity contribution in [1.82, 2.24) is 0 Å². The largest absolute Gasteiger partial charge is 0.319 e. The van der Waals surface area contributed by atoms with Gasteiger partial charge in [-0.1, -0.05) is 89.1 Å². The molecule has 0 heterocycles. The average molecular weight is 431 g/mol. The smallest absolute Gasteiger partial charge is 0.306 e. The van der Waals surface area contributed by atoms with Crippen molar-refractivity contribution in [3.05, 3.63) is 70.8 Å². The second kappa shape index (κ2) is 13.8. The van der Waals surface area contributed by atoms with Gasteiger partial charge in [0.2, 0.25) is 0 Å². The summed E-state index contributed by atoms with van der Waals surface area (Å²) in [6, 6.07) is 17.0. The Morgan fingerprint density at radius 1 is 0.667 bits per heavy atom. The van der Waals surface area contributed by atoms with E-state index >= 15 is 0 Å². The van der Waals surface area contributed by atoms with Gasteiger partial charge < -0.3 is 9.05 Å². The zero-order chi connectivity index (χ0) is 21.8. The summed E-state index contributed by atoms with van der Waals surface area (Å²) in [5.41, 5.74) is 4.80. The maximum Gasteiger partial charge on any atom is 0.319 e. The van der Waals surface area contributed by atoms with Crippen LogP contribution in [0.15, 0.2) is 48.5 Å². The fourth-order valence-corrected chi connectivity index (χ4v) is 4.66. The summed E-state index contributed by atoms with van der Waals surface area (Å²) in [6.07, 6.45) is 7.14. The molecule has 0 aliphatic carbocycles. The molecule has 0 radical (unpaired) electrons. The van der Waals surface area contributed by atoms with E-state index in [0.29, 0.717) is 25.0 Å². The van der Waals surface area contributed by atoms with Gasteiger partial charge in [-0.3, -0.25) is 4.57 Å². The van der Waals surface area contributed by atoms with Gasteiger partial charge in [0.1, 0.15) is 0 Å². The second-order valence-corrected chi connectivity index (χ2v) is 9.18. The Balaban J connectivity index is 1.78. The van der Waals surface area contributed by atoms with Crippen LogP contribution >= 0.6 is 8.25 Å². The van der Waals surface area contributed by atoms with Crippen molar-refractivity contribution in [1.29, 1.82) is 0 Å². The van der Waals surface area contributed by atoms with E-state index in [2.05, 4.69) is 76.2 Å². The first-order valence-corrected chi connectivity index (χ1v) is 12.8. The molecule has 2 aromatic rings. The summed E-state index contributed by atoms with van der Waals surface area (Å²) in [4.78, 5) is 0. The SMILES string of the molecule is CCCC(CC)c1ccc(CO[PH](=O)OCc2ccc(C(CC)CCC)cc2)cc1. The Morgan fingerprint density at radius 2 is 1.03 bits per heavy atom. The fraction of sp³-hybridized carbons (Fsp3) is 0.538. The Morgan fingerprint density at radius 3 is 1.33 bits per heavy atom. The highest BCUT2D eigenvalue weighted by Gasteiger charge is 2.10. The van der Waals surface area contributed by atoms with Crippen molar-refractivity contribution in [3.8, 4) is 0 Å². The first kappa shape index (κ1) is 24.9. The molecule has 0 aromatic heterocycles. The number of hydrogen-bond acceptors (Lipinski definition) is 3. The van der Waals surface area contributed by atoms with Crippen LogP contribution in [0.4, 0.5) is 0 Å². The third-order valence-electron chi connectivity index (χ3n) is 5.88. The first-order chi connectivity index (χ1) is 14.6. The lowest BCUT2D eigenvalue weighted by atomic mass is 9.92. The van der Waals surface area contributed by atoms with Crippen molar-refractivity contribution in [2.75, 3.05) is 0 Å². The molecule has 2 unspecified atom stereocenters. The lowest BCUT2D eigenvalue weighted by molar-refractivity contribution is 0.213. The molecule has 4 heteroatoms. The number of benzene rings is 2. The van der Waals surface area contributed by atoms with Crippen molar-refractivity contribution >= 4 is 8.25 Å². The van der Waals surface area contributed by atoms with E-state index in [9.17, 15) is 4.57 Å². The van der Waals surface area contributed by atoms with Crippen molar-refractivity contribution in [2.45, 2.75) is 91.3 Å². The van der Waals surface area contributed by atoms with Crippen LogP contribution in [-0.2, 0) is 26.8 Å². The maximum atomic E-state index is 12.1. The molecule has 0 fully saturated rings. The molecule has 30 heavy (non-hydrogen) atoms. The van der Waals surface area contributed by atoms with E-state index in [1.54, 1.807) is 0 Å². The fourth-order valence-electron chi connectivity index (χ4n) is 4.01. The maximum absolute atomic E-state index is 12.1. The van der Waals surface area contributed by atoms with E-state index in [-0.39, 0.29) is 0 Å². The molecular weight excluding hydrogens is 391 g/mol. The zero-order valence-electron chi connectivity index (χ0n) is 19.2. The highest BCUT2D eigenvalue weighted by molar-refractivity contribution is 7.33. The zero-order valence-corrected chi connectivity index (χ0v) is 20.2. The molecule has 0 saturated heterocycles. The van der Waals surface area contributed by atoms with Gasteiger partial charge in [0, 0.05) is 0 Å². The molecule has 0 saturated carbocycles. The van der Waals surface area contributed by atoms with Gasteiger partial charge in [-0.25, -0.2) is 0 Å². The van der Waals surface area contributed by atoms with Gasteiger partial charge in [-0.05, 0) is 59.8 Å². The minimum Gasteiger partial charge on any atom is -0.306 e. The van der Waals surface area contributed by atoms with Crippen LogP contribution < -0.4 is 0 Å². The molecule has 2 rings (SSSR count). The average Bonchev–Trinajstić information content (AvgIpc) is 2.79. The molecule has 2 atom stereocenters. The van der Waals surface area contributed by atoms with Gasteiger partial charge in [0.25, 0.3) is 0 Å². The van der Waals surface area contributed by atoms with Crippen LogP contribution in [0.1, 0.15) is 100 Å². The molecular formula is C26H39O3P. The third-order valence-corrected chi connectivity index (χ3v) is 6.64. The molecule has 2 aromatic carbocycles. The first-order valence-electron chi connectivity index (χ1n) is 11.6. The lowest BCUT2D eigenvalue weighted by Gasteiger charge is -2.15. The van der Waals surface area contributed by atoms with Crippen LogP contribution in [0, 0.1) is 0 Å². The molecule has 0 aliphatic rings. The standard InChI is InChI=1S/C26H39O3P/c1-5-9-23(7-3)25-15-11-21(12-16-25)19-28-30(27)29-20-22-13-17-26(18-14-22)24(8-4)10-6-2/h11-18,23-24,30H,5-10,19-20H2,1-4H3. The minimum atomic E-state index is -2.51. The van der Waals surface area contributed by atoms with Crippen molar-refractivity contribution < 1.29 is 13.6 Å². The predicted molar refractivity (Wildman–Crippen MR) is 127 cm³/mol. The summed E-state index contributed by atoms with van der Waals surface area (Å²) in [6.45, 7) is 9.56. The second-order valence-electron chi connectivity index (χ2n) is 8.10. The molecule has 166 valence electrons. The number of rotatable bonds is 14. The molecule has 0 aliphatic heterocycles. The minimum absolute atomic E-state index is 0.316. The topological polar surface area (TPSA) is 35.5 Å². The predicted octanol–water partition coefficient (Wildman–Crippen LogP) is 8.40. The molecule has 3 nitrogen and oxygen atoms in total. The van der Waals surface area contributed by atoms with Crippen LogP contribution in [-0.4, -0.2) is 0 Å². The van der Waals surface area contributed by atoms with Gasteiger partial charge in [-0.2, -0.15) is 0 Å². The van der Waals surface area contributed by atoms with E-state index in [0.717, 1.165) is 24.0 Å². The summed E-state index contributed by atoms with van der Waals surface area (Å²) in [5.74, 6) is 1.24. The van der Waals surface area contributed by atoms with Crippen LogP contribution in [0.25, 0.3) is 0 Å². The third kappa shape index (κ3) is 8.02. The van der Waals surface area contributed by atoms with Gasteiger partial charge in [0.05, 0.1) is 13.2 Å². The Kier molecular flexibility index (Phi) is 11.4. The van der Waals surface area contributed by atoms with E-state index < -0.39 is 8.25 Å². The van der Waals surface area contributed by atoms with E-state index in [1.165, 1.54) is 36.8 Å². The Labute approximate surface area is 184 Å². The van der Waals surface area contributed by atoms with E-state index in [4.69, 9.17) is 9.05 Å². The summed E-state index contributed by atoms with van der Waals surface area (Å²) in [5, 5.41) is 0. The van der Waals surface area contributed by atoms with Gasteiger partial charge >= 0.3 is 8.25 Å². The summed E-state index contributed by atoms with van der Waals surface area (Å²) in [7, 11) is -2.51. The summed E-state index contributed by atoms with van der Waals surface area (Å²) < 4.78 is 23.1. The summed E-state index contributed by atoms with van der Waals surface area (Å²) >= 11 is 0. The van der Waals surface area contributed by atoms with Crippen LogP contribution in [0.3, 0.4) is 0 Å². The normalized spacial score (nSPS) is 14.4. The van der Waals surface area contributed by atoms with E-state index in [1.807, 2.05) is 0 Å². The highest BCUT2D eigenvalue weighted by atomic mass is 31.1.